The number of aromatic nitrogens is 2. The standard InChI is InChI=1S/C12H22N4O3S/c1-5-9-11(20(13,18)19)10(16-15-9)12(17)14-6-8(4)7(2)3/h7-8H,5-6H2,1-4H3,(H,14,17)(H,15,16)(H2,13,18,19). The number of sulfonamides is 1. The van der Waals surface area contributed by atoms with Crippen molar-refractivity contribution in [2.24, 2.45) is 17.0 Å². The molecular formula is C12H22N4O3S. The number of aryl methyl sites for hydroxylation is 1. The number of nitrogens with one attached hydrogen (secondary N) is 2. The average Bonchev–Trinajstić information content (AvgIpc) is 2.78. The average molecular weight is 302 g/mol. The van der Waals surface area contributed by atoms with Crippen molar-refractivity contribution in [2.75, 3.05) is 6.54 Å². The molecule has 1 atom stereocenters. The second kappa shape index (κ2) is 6.36. The van der Waals surface area contributed by atoms with Gasteiger partial charge in [-0.25, -0.2) is 13.6 Å². The van der Waals surface area contributed by atoms with Crippen LogP contribution in [0.4, 0.5) is 0 Å². The summed E-state index contributed by atoms with van der Waals surface area (Å²) in [5.74, 6) is 0.164. The number of amides is 1. The van der Waals surface area contributed by atoms with Gasteiger partial charge in [-0.3, -0.25) is 9.89 Å². The van der Waals surface area contributed by atoms with Crippen LogP contribution in [0, 0.1) is 11.8 Å². The third-order valence-corrected chi connectivity index (χ3v) is 4.38. The van der Waals surface area contributed by atoms with E-state index in [-0.39, 0.29) is 16.5 Å². The minimum absolute atomic E-state index is 0.166. The van der Waals surface area contributed by atoms with Crippen LogP contribution in [-0.2, 0) is 16.4 Å². The molecule has 0 saturated heterocycles. The minimum Gasteiger partial charge on any atom is -0.350 e. The van der Waals surface area contributed by atoms with E-state index in [1.807, 2.05) is 6.92 Å². The van der Waals surface area contributed by atoms with Crippen LogP contribution in [0.25, 0.3) is 0 Å². The summed E-state index contributed by atoms with van der Waals surface area (Å²) in [5, 5.41) is 14.2. The summed E-state index contributed by atoms with van der Waals surface area (Å²) in [4.78, 5) is 11.8. The van der Waals surface area contributed by atoms with Crippen molar-refractivity contribution in [1.82, 2.24) is 15.5 Å². The number of carbonyl (C=O) groups excluding carboxylic acids is 1. The summed E-state index contributed by atoms with van der Waals surface area (Å²) in [5.41, 5.74) is 0.176. The molecule has 114 valence electrons. The van der Waals surface area contributed by atoms with E-state index in [1.165, 1.54) is 0 Å². The molecular weight excluding hydrogens is 280 g/mol. The van der Waals surface area contributed by atoms with Crippen molar-refractivity contribution in [1.29, 1.82) is 0 Å². The topological polar surface area (TPSA) is 118 Å². The Kier molecular flexibility index (Phi) is 5.29. The number of H-pyrrole nitrogens is 1. The van der Waals surface area contributed by atoms with E-state index in [4.69, 9.17) is 5.14 Å². The molecule has 0 radical (unpaired) electrons. The zero-order chi connectivity index (χ0) is 15.5. The van der Waals surface area contributed by atoms with Gasteiger partial charge < -0.3 is 5.32 Å². The number of rotatable bonds is 6. The van der Waals surface area contributed by atoms with Crippen LogP contribution in [0.5, 0.6) is 0 Å². The van der Waals surface area contributed by atoms with Gasteiger partial charge in [-0.05, 0) is 18.3 Å². The zero-order valence-electron chi connectivity index (χ0n) is 12.2. The van der Waals surface area contributed by atoms with Crippen LogP contribution in [-0.4, -0.2) is 31.1 Å². The second-order valence-corrected chi connectivity index (χ2v) is 6.71. The lowest BCUT2D eigenvalue weighted by Gasteiger charge is -2.15. The SMILES string of the molecule is CCc1[nH]nc(C(=O)NCC(C)C(C)C)c1S(N)(=O)=O. The first-order chi connectivity index (χ1) is 9.18. The highest BCUT2D eigenvalue weighted by Gasteiger charge is 2.26. The molecule has 0 spiro atoms. The van der Waals surface area contributed by atoms with Gasteiger partial charge in [-0.2, -0.15) is 5.10 Å². The molecule has 1 heterocycles. The predicted octanol–water partition coefficient (Wildman–Crippen LogP) is 0.641. The lowest BCUT2D eigenvalue weighted by molar-refractivity contribution is 0.0936. The lowest BCUT2D eigenvalue weighted by atomic mass is 9.98. The highest BCUT2D eigenvalue weighted by molar-refractivity contribution is 7.89. The first-order valence-electron chi connectivity index (χ1n) is 6.56. The van der Waals surface area contributed by atoms with Crippen molar-refractivity contribution < 1.29 is 13.2 Å². The third-order valence-electron chi connectivity index (χ3n) is 3.37. The normalized spacial score (nSPS) is 13.5. The monoisotopic (exact) mass is 302 g/mol. The fourth-order valence-corrected chi connectivity index (χ4v) is 2.58. The number of hydrogen-bond acceptors (Lipinski definition) is 4. The van der Waals surface area contributed by atoms with Gasteiger partial charge in [0.25, 0.3) is 5.91 Å². The number of nitrogens with two attached hydrogens (primary N) is 1. The van der Waals surface area contributed by atoms with E-state index >= 15 is 0 Å². The highest BCUT2D eigenvalue weighted by atomic mass is 32.2. The number of hydrogen-bond donors (Lipinski definition) is 3. The van der Waals surface area contributed by atoms with Gasteiger partial charge in [0.05, 0.1) is 5.69 Å². The third kappa shape index (κ3) is 3.80. The maximum absolute atomic E-state index is 12.1. The molecule has 0 fully saturated rings. The predicted molar refractivity (Wildman–Crippen MR) is 75.7 cm³/mol. The van der Waals surface area contributed by atoms with E-state index in [0.29, 0.717) is 24.6 Å². The van der Waals surface area contributed by atoms with Crippen molar-refractivity contribution in [3.63, 3.8) is 0 Å². The molecule has 8 heteroatoms. The Morgan fingerprint density at radius 3 is 2.45 bits per heavy atom. The Morgan fingerprint density at radius 2 is 2.00 bits per heavy atom. The van der Waals surface area contributed by atoms with Crippen LogP contribution in [0.2, 0.25) is 0 Å². The van der Waals surface area contributed by atoms with E-state index in [2.05, 4.69) is 29.4 Å². The molecule has 1 aromatic heterocycles. The van der Waals surface area contributed by atoms with Crippen molar-refractivity contribution >= 4 is 15.9 Å². The van der Waals surface area contributed by atoms with Gasteiger partial charge in [0.1, 0.15) is 4.90 Å². The van der Waals surface area contributed by atoms with Crippen molar-refractivity contribution in [3.8, 4) is 0 Å². The Balaban J connectivity index is 2.97. The van der Waals surface area contributed by atoms with Crippen LogP contribution in [0.1, 0.15) is 43.9 Å². The quantitative estimate of drug-likeness (QED) is 0.714. The number of carbonyl (C=O) groups is 1. The fraction of sp³-hybridized carbons (Fsp3) is 0.667. The summed E-state index contributed by atoms with van der Waals surface area (Å²) in [7, 11) is -3.99. The van der Waals surface area contributed by atoms with Gasteiger partial charge in [-0.15, -0.1) is 0 Å². The van der Waals surface area contributed by atoms with E-state index in [9.17, 15) is 13.2 Å². The summed E-state index contributed by atoms with van der Waals surface area (Å²) < 4.78 is 23.2. The maximum atomic E-state index is 12.1. The molecule has 0 aromatic carbocycles. The Labute approximate surface area is 119 Å². The zero-order valence-corrected chi connectivity index (χ0v) is 13.0. The summed E-state index contributed by atoms with van der Waals surface area (Å²) in [6.45, 7) is 8.32. The number of primary sulfonamides is 1. The van der Waals surface area contributed by atoms with Crippen LogP contribution in [0.3, 0.4) is 0 Å². The van der Waals surface area contributed by atoms with Gasteiger partial charge in [0.15, 0.2) is 5.69 Å². The number of nitrogens with zero attached hydrogens (tertiary/aromatic N) is 1. The second-order valence-electron chi connectivity index (χ2n) is 5.21. The molecule has 0 aliphatic rings. The molecule has 0 saturated carbocycles. The van der Waals surface area contributed by atoms with Gasteiger partial charge in [-0.1, -0.05) is 27.7 Å². The smallest absolute Gasteiger partial charge is 0.273 e. The Bertz CT molecular complexity index is 578. The molecule has 4 N–H and O–H groups in total. The maximum Gasteiger partial charge on any atom is 0.273 e. The van der Waals surface area contributed by atoms with E-state index in [1.54, 1.807) is 6.92 Å². The summed E-state index contributed by atoms with van der Waals surface area (Å²) in [6.07, 6.45) is 0.397. The van der Waals surface area contributed by atoms with Crippen LogP contribution in [0.15, 0.2) is 4.90 Å². The molecule has 1 amide bonds. The van der Waals surface area contributed by atoms with Crippen LogP contribution < -0.4 is 10.5 Å². The highest BCUT2D eigenvalue weighted by Crippen LogP contribution is 2.17. The minimum atomic E-state index is -3.99. The van der Waals surface area contributed by atoms with Gasteiger partial charge in [0, 0.05) is 6.54 Å². The first-order valence-corrected chi connectivity index (χ1v) is 8.11. The van der Waals surface area contributed by atoms with Gasteiger partial charge in [0.2, 0.25) is 10.0 Å². The lowest BCUT2D eigenvalue weighted by Crippen LogP contribution is -2.31. The Morgan fingerprint density at radius 1 is 1.40 bits per heavy atom. The van der Waals surface area contributed by atoms with Crippen molar-refractivity contribution in [2.45, 2.75) is 39.0 Å². The molecule has 20 heavy (non-hydrogen) atoms. The van der Waals surface area contributed by atoms with Crippen molar-refractivity contribution in [3.05, 3.63) is 11.4 Å². The molecule has 1 rings (SSSR count). The Hall–Kier alpha value is -1.41. The molecule has 0 aliphatic carbocycles. The molecule has 1 aromatic rings. The van der Waals surface area contributed by atoms with E-state index in [0.717, 1.165) is 0 Å². The summed E-state index contributed by atoms with van der Waals surface area (Å²) >= 11 is 0. The van der Waals surface area contributed by atoms with E-state index < -0.39 is 15.9 Å². The molecule has 0 bridgehead atoms. The fourth-order valence-electron chi connectivity index (χ4n) is 1.64. The van der Waals surface area contributed by atoms with Gasteiger partial charge >= 0.3 is 0 Å². The number of aromatic amines is 1. The van der Waals surface area contributed by atoms with Crippen LogP contribution >= 0.6 is 0 Å². The molecule has 0 aliphatic heterocycles. The first kappa shape index (κ1) is 16.6. The molecule has 7 nitrogen and oxygen atoms in total. The molecule has 1 unspecified atom stereocenters. The largest absolute Gasteiger partial charge is 0.350 e. The summed E-state index contributed by atoms with van der Waals surface area (Å²) in [6, 6.07) is 0.